The van der Waals surface area contributed by atoms with Gasteiger partial charge in [-0.15, -0.1) is 4.68 Å². The molecule has 0 amide bonds. The number of aromatic nitrogens is 4. The van der Waals surface area contributed by atoms with Crippen molar-refractivity contribution in [2.45, 2.75) is 6.92 Å². The minimum atomic E-state index is 0. The zero-order chi connectivity index (χ0) is 16.4. The van der Waals surface area contributed by atoms with E-state index in [0.717, 1.165) is 22.8 Å². The normalized spacial score (nSPS) is 10.3. The van der Waals surface area contributed by atoms with Crippen LogP contribution in [-0.4, -0.2) is 15.1 Å². The van der Waals surface area contributed by atoms with Gasteiger partial charge in [-0.05, 0) is 53.7 Å². The summed E-state index contributed by atoms with van der Waals surface area (Å²) in [4.78, 5) is 1.83. The van der Waals surface area contributed by atoms with E-state index in [2.05, 4.69) is 41.5 Å². The predicted octanol–water partition coefficient (Wildman–Crippen LogP) is 0.523. The Labute approximate surface area is 157 Å². The van der Waals surface area contributed by atoms with Gasteiger partial charge in [0.25, 0.3) is 0 Å². The molecular weight excluding hydrogens is 376 g/mol. The Morgan fingerprint density at radius 1 is 0.800 bits per heavy atom. The first kappa shape index (κ1) is 17.0. The van der Waals surface area contributed by atoms with E-state index in [1.165, 1.54) is 5.56 Å². The average molecular weight is 393 g/mol. The summed E-state index contributed by atoms with van der Waals surface area (Å²) in [5.74, 6) is 0.810. The molecule has 0 fully saturated rings. The quantitative estimate of drug-likeness (QED) is 0.476. The van der Waals surface area contributed by atoms with Gasteiger partial charge in [-0.25, -0.2) is 0 Å². The highest BCUT2D eigenvalue weighted by Gasteiger charge is 2.24. The third kappa shape index (κ3) is 3.37. The highest BCUT2D eigenvalue weighted by molar-refractivity contribution is 5.51. The Kier molecular flexibility index (Phi) is 5.05. The van der Waals surface area contributed by atoms with Gasteiger partial charge in [-0.1, -0.05) is 48.5 Å². The van der Waals surface area contributed by atoms with Gasteiger partial charge >= 0.3 is 5.82 Å². The molecule has 0 aliphatic rings. The first-order valence-electron chi connectivity index (χ1n) is 7.89. The van der Waals surface area contributed by atoms with Crippen molar-refractivity contribution < 1.29 is 21.7 Å². The summed E-state index contributed by atoms with van der Waals surface area (Å²) in [6, 6.07) is 28.5. The van der Waals surface area contributed by atoms with Crippen LogP contribution in [0.2, 0.25) is 0 Å². The van der Waals surface area contributed by atoms with Gasteiger partial charge in [-0.3, -0.25) is 0 Å². The fourth-order valence-corrected chi connectivity index (χ4v) is 2.74. The summed E-state index contributed by atoms with van der Waals surface area (Å²) in [6.07, 6.45) is 0. The molecule has 4 aromatic rings. The molecule has 1 aromatic heterocycles. The molecule has 25 heavy (non-hydrogen) atoms. The van der Waals surface area contributed by atoms with Gasteiger partial charge in [0.05, 0.1) is 5.56 Å². The number of halogens is 1. The van der Waals surface area contributed by atoms with E-state index < -0.39 is 0 Å². The molecule has 0 aliphatic carbocycles. The molecule has 0 unspecified atom stereocenters. The Morgan fingerprint density at radius 2 is 1.48 bits per heavy atom. The van der Waals surface area contributed by atoms with Crippen molar-refractivity contribution in [3.05, 3.63) is 90.5 Å². The molecule has 0 saturated heterocycles. The number of benzene rings is 3. The maximum absolute atomic E-state index is 4.44. The molecule has 0 radical (unpaired) electrons. The largest absolute Gasteiger partial charge is 1.00 e. The van der Waals surface area contributed by atoms with E-state index in [9.17, 15) is 0 Å². The lowest BCUT2D eigenvalue weighted by Gasteiger charge is -2.06. The van der Waals surface area contributed by atoms with E-state index in [1.54, 1.807) is 0 Å². The SMILES string of the molecule is Cc1cccc(-[n+]2c(-c3ccccc3)nnn2-c2ccccc2)c1.[Br-]. The summed E-state index contributed by atoms with van der Waals surface area (Å²) in [5.41, 5.74) is 4.22. The van der Waals surface area contributed by atoms with Gasteiger partial charge in [0.15, 0.2) is 5.21 Å². The Morgan fingerprint density at radius 3 is 2.16 bits per heavy atom. The standard InChI is InChI=1S/C20H17N4.BrH/c1-16-9-8-14-19(15-16)23-20(17-10-4-2-5-11-17)21-22-24(23)18-12-6-3-7-13-18;/h2-15H,1H3;1H/q+1;/p-1. The van der Waals surface area contributed by atoms with Crippen LogP contribution in [0.25, 0.3) is 22.8 Å². The van der Waals surface area contributed by atoms with Crippen molar-refractivity contribution in [3.8, 4) is 22.8 Å². The maximum Gasteiger partial charge on any atom is 0.337 e. The van der Waals surface area contributed by atoms with Crippen LogP contribution in [0.3, 0.4) is 0 Å². The molecule has 124 valence electrons. The summed E-state index contributed by atoms with van der Waals surface area (Å²) >= 11 is 0. The summed E-state index contributed by atoms with van der Waals surface area (Å²) < 4.78 is 2.04. The second-order valence-corrected chi connectivity index (χ2v) is 5.65. The van der Waals surface area contributed by atoms with E-state index in [4.69, 9.17) is 0 Å². The van der Waals surface area contributed by atoms with Crippen LogP contribution in [0, 0.1) is 6.92 Å². The van der Waals surface area contributed by atoms with Gasteiger partial charge in [-0.2, -0.15) is 0 Å². The Balaban J connectivity index is 0.00000182. The summed E-state index contributed by atoms with van der Waals surface area (Å²) in [6.45, 7) is 2.09. The first-order valence-corrected chi connectivity index (χ1v) is 7.89. The van der Waals surface area contributed by atoms with Crippen LogP contribution in [-0.2, 0) is 0 Å². The lowest BCUT2D eigenvalue weighted by molar-refractivity contribution is -0.669. The molecule has 0 saturated carbocycles. The van der Waals surface area contributed by atoms with Crippen LogP contribution in [0.15, 0.2) is 84.9 Å². The van der Waals surface area contributed by atoms with Crippen LogP contribution < -0.4 is 21.7 Å². The number of hydrogen-bond acceptors (Lipinski definition) is 2. The van der Waals surface area contributed by atoms with Crippen molar-refractivity contribution in [2.24, 2.45) is 0 Å². The molecule has 4 nitrogen and oxygen atoms in total. The third-order valence-corrected chi connectivity index (χ3v) is 3.88. The van der Waals surface area contributed by atoms with Crippen LogP contribution in [0.4, 0.5) is 0 Å². The van der Waals surface area contributed by atoms with Crippen molar-refractivity contribution >= 4 is 0 Å². The maximum atomic E-state index is 4.44. The lowest BCUT2D eigenvalue weighted by Crippen LogP contribution is -3.00. The second kappa shape index (κ2) is 7.40. The Hall–Kier alpha value is -2.79. The number of tetrazole rings is 1. The minimum Gasteiger partial charge on any atom is -1.00 e. The number of nitrogens with zero attached hydrogens (tertiary/aromatic N) is 4. The molecule has 0 N–H and O–H groups in total. The van der Waals surface area contributed by atoms with Crippen molar-refractivity contribution in [2.75, 3.05) is 0 Å². The van der Waals surface area contributed by atoms with Gasteiger partial charge in [0.2, 0.25) is 0 Å². The fourth-order valence-electron chi connectivity index (χ4n) is 2.74. The zero-order valence-electron chi connectivity index (χ0n) is 13.7. The molecule has 0 atom stereocenters. The van der Waals surface area contributed by atoms with Gasteiger partial charge < -0.3 is 17.0 Å². The van der Waals surface area contributed by atoms with Crippen LogP contribution in [0.5, 0.6) is 0 Å². The zero-order valence-corrected chi connectivity index (χ0v) is 15.3. The van der Waals surface area contributed by atoms with Crippen molar-refractivity contribution in [1.82, 2.24) is 15.1 Å². The van der Waals surface area contributed by atoms with E-state index in [0.29, 0.717) is 0 Å². The highest BCUT2D eigenvalue weighted by atomic mass is 79.9. The van der Waals surface area contributed by atoms with Gasteiger partial charge in [0.1, 0.15) is 16.5 Å². The summed E-state index contributed by atoms with van der Waals surface area (Å²) in [5, 5.41) is 8.84. The number of rotatable bonds is 3. The monoisotopic (exact) mass is 392 g/mol. The van der Waals surface area contributed by atoms with Crippen molar-refractivity contribution in [1.29, 1.82) is 0 Å². The number of aryl methyl sites for hydroxylation is 1. The van der Waals surface area contributed by atoms with Crippen LogP contribution >= 0.6 is 0 Å². The number of para-hydroxylation sites is 1. The topological polar surface area (TPSA) is 34.6 Å². The van der Waals surface area contributed by atoms with E-state index in [-0.39, 0.29) is 17.0 Å². The first-order chi connectivity index (χ1) is 11.8. The summed E-state index contributed by atoms with van der Waals surface area (Å²) in [7, 11) is 0. The highest BCUT2D eigenvalue weighted by Crippen LogP contribution is 2.16. The predicted molar refractivity (Wildman–Crippen MR) is 93.1 cm³/mol. The second-order valence-electron chi connectivity index (χ2n) is 5.65. The van der Waals surface area contributed by atoms with E-state index >= 15 is 0 Å². The molecule has 0 spiro atoms. The average Bonchev–Trinajstić information content (AvgIpc) is 3.08. The smallest absolute Gasteiger partial charge is 0.337 e. The third-order valence-electron chi connectivity index (χ3n) is 3.88. The van der Waals surface area contributed by atoms with Crippen molar-refractivity contribution in [3.63, 3.8) is 0 Å². The van der Waals surface area contributed by atoms with Crippen LogP contribution in [0.1, 0.15) is 5.56 Å². The molecule has 4 rings (SSSR count). The minimum absolute atomic E-state index is 0. The fraction of sp³-hybridized carbons (Fsp3) is 0.0500. The number of hydrogen-bond donors (Lipinski definition) is 0. The molecular formula is C20H17BrN4. The van der Waals surface area contributed by atoms with Gasteiger partial charge in [0, 0.05) is 0 Å². The van der Waals surface area contributed by atoms with E-state index in [1.807, 2.05) is 70.1 Å². The lowest BCUT2D eigenvalue weighted by atomic mass is 10.2. The molecule has 1 heterocycles. The Bertz CT molecular complexity index is 908. The molecule has 3 aromatic carbocycles. The molecule has 5 heteroatoms. The molecule has 0 bridgehead atoms. The molecule has 0 aliphatic heterocycles.